The maximum Gasteiger partial charge on any atom is 0.0195 e. The first-order valence-corrected chi connectivity index (χ1v) is 7.56. The minimum atomic E-state index is 0.842. The van der Waals surface area contributed by atoms with Crippen molar-refractivity contribution in [1.82, 2.24) is 9.80 Å². The van der Waals surface area contributed by atoms with Gasteiger partial charge in [0.05, 0.1) is 0 Å². The maximum atomic E-state index is 2.49. The molecule has 0 fully saturated rings. The van der Waals surface area contributed by atoms with Gasteiger partial charge in [-0.3, -0.25) is 0 Å². The Kier molecular flexibility index (Phi) is 6.95. The van der Waals surface area contributed by atoms with Gasteiger partial charge in [-0.1, -0.05) is 31.9 Å². The molecule has 2 nitrogen and oxygen atoms in total. The smallest absolute Gasteiger partial charge is 0.0195 e. The Morgan fingerprint density at radius 3 is 2.44 bits per heavy atom. The van der Waals surface area contributed by atoms with Gasteiger partial charge in [0.2, 0.25) is 0 Å². The number of hydrogen-bond acceptors (Lipinski definition) is 2. The summed E-state index contributed by atoms with van der Waals surface area (Å²) < 4.78 is 0. The molecule has 0 N–H and O–H groups in total. The van der Waals surface area contributed by atoms with Crippen LogP contribution in [0.5, 0.6) is 0 Å². The summed E-state index contributed by atoms with van der Waals surface area (Å²) >= 11 is 0. The highest BCUT2D eigenvalue weighted by Crippen LogP contribution is 2.33. The molecular weight excluding hydrogens is 220 g/mol. The average molecular weight is 252 g/mol. The highest BCUT2D eigenvalue weighted by atomic mass is 15.1. The largest absolute Gasteiger partial charge is 0.309 e. The van der Waals surface area contributed by atoms with Gasteiger partial charge in [-0.2, -0.15) is 0 Å². The molecule has 1 aliphatic rings. The van der Waals surface area contributed by atoms with Crippen molar-refractivity contribution in [2.45, 2.75) is 39.5 Å². The van der Waals surface area contributed by atoms with Crippen LogP contribution in [-0.4, -0.2) is 50.6 Å². The lowest BCUT2D eigenvalue weighted by molar-refractivity contribution is 0.299. The zero-order valence-corrected chi connectivity index (χ0v) is 13.1. The summed E-state index contributed by atoms with van der Waals surface area (Å²) in [5.74, 6) is 1.69. The third-order valence-corrected chi connectivity index (χ3v) is 3.91. The van der Waals surface area contributed by atoms with E-state index in [1.165, 1.54) is 45.3 Å². The van der Waals surface area contributed by atoms with Gasteiger partial charge in [0, 0.05) is 6.54 Å². The topological polar surface area (TPSA) is 6.48 Å². The minimum absolute atomic E-state index is 0.842. The van der Waals surface area contributed by atoms with Crippen LogP contribution in [0.3, 0.4) is 0 Å². The van der Waals surface area contributed by atoms with Crippen molar-refractivity contribution in [3.8, 4) is 0 Å². The standard InChI is InChI=1S/C16H32N2/c1-6-7-15-12-16(15)13-18(5)11-9-14(2)8-10-17(3)4/h12,14-15H,6-11,13H2,1-5H3/t14-,15?/m0/s1. The molecule has 0 amide bonds. The molecule has 0 aromatic rings. The Morgan fingerprint density at radius 2 is 1.83 bits per heavy atom. The van der Waals surface area contributed by atoms with E-state index < -0.39 is 0 Å². The van der Waals surface area contributed by atoms with E-state index in [-0.39, 0.29) is 0 Å². The van der Waals surface area contributed by atoms with Crippen molar-refractivity contribution < 1.29 is 0 Å². The van der Waals surface area contributed by atoms with Gasteiger partial charge >= 0.3 is 0 Å². The van der Waals surface area contributed by atoms with Gasteiger partial charge in [0.25, 0.3) is 0 Å². The van der Waals surface area contributed by atoms with E-state index in [1.807, 2.05) is 0 Å². The van der Waals surface area contributed by atoms with E-state index in [9.17, 15) is 0 Å². The summed E-state index contributed by atoms with van der Waals surface area (Å²) in [7, 11) is 6.58. The van der Waals surface area contributed by atoms with E-state index in [1.54, 1.807) is 5.57 Å². The molecule has 0 spiro atoms. The molecule has 106 valence electrons. The molecular formula is C16H32N2. The van der Waals surface area contributed by atoms with Crippen LogP contribution >= 0.6 is 0 Å². The van der Waals surface area contributed by atoms with E-state index >= 15 is 0 Å². The molecule has 1 unspecified atom stereocenters. The van der Waals surface area contributed by atoms with Crippen molar-refractivity contribution >= 4 is 0 Å². The first-order valence-electron chi connectivity index (χ1n) is 7.56. The van der Waals surface area contributed by atoms with E-state index in [0.717, 1.165) is 11.8 Å². The van der Waals surface area contributed by atoms with E-state index in [4.69, 9.17) is 0 Å². The molecule has 1 rings (SSSR count). The second-order valence-electron chi connectivity index (χ2n) is 6.36. The summed E-state index contributed by atoms with van der Waals surface area (Å²) in [6.07, 6.45) is 7.78. The summed E-state index contributed by atoms with van der Waals surface area (Å²) in [4.78, 5) is 4.78. The van der Waals surface area contributed by atoms with Gasteiger partial charge in [-0.25, -0.2) is 0 Å². The van der Waals surface area contributed by atoms with Crippen LogP contribution in [0.4, 0.5) is 0 Å². The molecule has 0 aromatic heterocycles. The van der Waals surface area contributed by atoms with Crippen LogP contribution < -0.4 is 0 Å². The third kappa shape index (κ3) is 6.55. The van der Waals surface area contributed by atoms with Crippen molar-refractivity contribution in [1.29, 1.82) is 0 Å². The van der Waals surface area contributed by atoms with E-state index in [0.29, 0.717) is 0 Å². The van der Waals surface area contributed by atoms with E-state index in [2.05, 4.69) is 50.9 Å². The molecule has 0 aromatic carbocycles. The quantitative estimate of drug-likeness (QED) is 0.551. The van der Waals surface area contributed by atoms with Crippen molar-refractivity contribution in [3.63, 3.8) is 0 Å². The van der Waals surface area contributed by atoms with Crippen LogP contribution in [0.25, 0.3) is 0 Å². The number of hydrogen-bond donors (Lipinski definition) is 0. The van der Waals surface area contributed by atoms with Crippen LogP contribution in [-0.2, 0) is 0 Å². The van der Waals surface area contributed by atoms with Crippen LogP contribution in [0.2, 0.25) is 0 Å². The second kappa shape index (κ2) is 7.96. The summed E-state index contributed by atoms with van der Waals surface area (Å²) in [6.45, 7) is 8.32. The molecule has 0 saturated carbocycles. The molecule has 0 radical (unpaired) electrons. The first kappa shape index (κ1) is 15.7. The van der Waals surface area contributed by atoms with Gasteiger partial charge in [-0.15, -0.1) is 0 Å². The van der Waals surface area contributed by atoms with Gasteiger partial charge in [0.1, 0.15) is 0 Å². The Balaban J connectivity index is 2.03. The Morgan fingerprint density at radius 1 is 1.17 bits per heavy atom. The molecule has 2 heteroatoms. The fourth-order valence-electron chi connectivity index (χ4n) is 2.41. The minimum Gasteiger partial charge on any atom is -0.309 e. The highest BCUT2D eigenvalue weighted by Gasteiger charge is 2.23. The molecule has 0 heterocycles. The summed E-state index contributed by atoms with van der Waals surface area (Å²) in [5.41, 5.74) is 1.68. The third-order valence-electron chi connectivity index (χ3n) is 3.91. The molecule has 1 aliphatic carbocycles. The molecule has 18 heavy (non-hydrogen) atoms. The maximum absolute atomic E-state index is 2.49. The SMILES string of the molecule is CCCC1C=C1CN(C)CC[C@@H](C)CCN(C)C. The molecule has 0 bridgehead atoms. The first-order chi connectivity index (χ1) is 8.52. The predicted molar refractivity (Wildman–Crippen MR) is 80.9 cm³/mol. The van der Waals surface area contributed by atoms with Gasteiger partial charge < -0.3 is 9.80 Å². The number of nitrogens with zero attached hydrogens (tertiary/aromatic N) is 2. The molecule has 2 atom stereocenters. The second-order valence-corrected chi connectivity index (χ2v) is 6.36. The fourth-order valence-corrected chi connectivity index (χ4v) is 2.41. The number of allylic oxidation sites excluding steroid dienone is 1. The van der Waals surface area contributed by atoms with Crippen LogP contribution in [0.1, 0.15) is 39.5 Å². The number of likely N-dealkylation sites (N-methyl/N-ethyl adjacent to an activating group) is 1. The highest BCUT2D eigenvalue weighted by molar-refractivity contribution is 5.30. The lowest BCUT2D eigenvalue weighted by atomic mass is 10.0. The monoisotopic (exact) mass is 252 g/mol. The Hall–Kier alpha value is -0.340. The Labute approximate surface area is 114 Å². The van der Waals surface area contributed by atoms with Crippen molar-refractivity contribution in [3.05, 3.63) is 11.6 Å². The number of rotatable bonds is 10. The zero-order chi connectivity index (χ0) is 13.5. The van der Waals surface area contributed by atoms with Gasteiger partial charge in [0.15, 0.2) is 0 Å². The summed E-state index contributed by atoms with van der Waals surface area (Å²) in [6, 6.07) is 0. The van der Waals surface area contributed by atoms with Crippen molar-refractivity contribution in [2.24, 2.45) is 11.8 Å². The molecule has 0 aliphatic heterocycles. The van der Waals surface area contributed by atoms with Crippen molar-refractivity contribution in [2.75, 3.05) is 40.8 Å². The van der Waals surface area contributed by atoms with Crippen LogP contribution in [0, 0.1) is 11.8 Å². The summed E-state index contributed by atoms with van der Waals surface area (Å²) in [5, 5.41) is 0. The molecule has 0 saturated heterocycles. The zero-order valence-electron chi connectivity index (χ0n) is 13.1. The van der Waals surface area contributed by atoms with Gasteiger partial charge in [-0.05, 0) is 65.3 Å². The normalized spacial score (nSPS) is 20.4. The predicted octanol–water partition coefficient (Wildman–Crippen LogP) is 3.25. The lowest BCUT2D eigenvalue weighted by Crippen LogP contribution is -2.23. The average Bonchev–Trinajstić information content (AvgIpc) is 3.02. The Bertz CT molecular complexity index is 258. The lowest BCUT2D eigenvalue weighted by Gasteiger charge is -2.20. The fraction of sp³-hybridized carbons (Fsp3) is 0.875. The van der Waals surface area contributed by atoms with Crippen LogP contribution in [0.15, 0.2) is 11.6 Å².